The number of halogens is 5. The van der Waals surface area contributed by atoms with Crippen LogP contribution in [0.4, 0.5) is 18.9 Å². The third-order valence-corrected chi connectivity index (χ3v) is 3.61. The standard InChI is InChI=1S/C13H7Br2F3N2O/c14-9-5-4-7(6-8(9)13(16,17)18)19-12(21)10-2-1-3-11(15)20-10/h1-6H,(H,19,21). The molecule has 1 aromatic carbocycles. The number of benzene rings is 1. The van der Waals surface area contributed by atoms with Crippen LogP contribution in [0.2, 0.25) is 0 Å². The Morgan fingerprint density at radius 3 is 2.48 bits per heavy atom. The SMILES string of the molecule is O=C(Nc1ccc(Br)c(C(F)(F)F)c1)c1cccc(Br)n1. The maximum Gasteiger partial charge on any atom is 0.417 e. The van der Waals surface area contributed by atoms with Gasteiger partial charge in [-0.2, -0.15) is 13.2 Å². The minimum atomic E-state index is -4.51. The largest absolute Gasteiger partial charge is 0.417 e. The third-order valence-electron chi connectivity index (χ3n) is 2.48. The molecule has 0 unspecified atom stereocenters. The number of hydrogen-bond acceptors (Lipinski definition) is 2. The lowest BCUT2D eigenvalue weighted by molar-refractivity contribution is -0.138. The van der Waals surface area contributed by atoms with Crippen molar-refractivity contribution in [2.24, 2.45) is 0 Å². The summed E-state index contributed by atoms with van der Waals surface area (Å²) in [6.45, 7) is 0. The van der Waals surface area contributed by atoms with Gasteiger partial charge in [0, 0.05) is 10.2 Å². The van der Waals surface area contributed by atoms with Crippen molar-refractivity contribution in [2.45, 2.75) is 6.18 Å². The number of nitrogens with one attached hydrogen (secondary N) is 1. The van der Waals surface area contributed by atoms with Crippen molar-refractivity contribution in [3.63, 3.8) is 0 Å². The summed E-state index contributed by atoms with van der Waals surface area (Å²) in [5.41, 5.74) is -0.722. The molecule has 1 heterocycles. The molecule has 21 heavy (non-hydrogen) atoms. The van der Waals surface area contributed by atoms with E-state index in [2.05, 4.69) is 42.2 Å². The Balaban J connectivity index is 2.26. The first-order valence-corrected chi connectivity index (χ1v) is 7.16. The van der Waals surface area contributed by atoms with Gasteiger partial charge in [0.25, 0.3) is 5.91 Å². The van der Waals surface area contributed by atoms with E-state index in [0.29, 0.717) is 4.60 Å². The molecule has 0 aliphatic heterocycles. The van der Waals surface area contributed by atoms with Crippen LogP contribution in [0, 0.1) is 0 Å². The van der Waals surface area contributed by atoms with E-state index >= 15 is 0 Å². The van der Waals surface area contributed by atoms with E-state index in [9.17, 15) is 18.0 Å². The van der Waals surface area contributed by atoms with E-state index in [-0.39, 0.29) is 15.9 Å². The second-order valence-corrected chi connectivity index (χ2v) is 5.66. The number of anilines is 1. The zero-order valence-electron chi connectivity index (χ0n) is 10.2. The Bertz CT molecular complexity index is 689. The molecule has 110 valence electrons. The van der Waals surface area contributed by atoms with E-state index < -0.39 is 17.6 Å². The zero-order chi connectivity index (χ0) is 15.6. The second kappa shape index (κ2) is 6.15. The lowest BCUT2D eigenvalue weighted by Gasteiger charge is -2.11. The van der Waals surface area contributed by atoms with E-state index in [0.717, 1.165) is 6.07 Å². The van der Waals surface area contributed by atoms with Gasteiger partial charge >= 0.3 is 6.18 Å². The molecular formula is C13H7Br2F3N2O. The van der Waals surface area contributed by atoms with Crippen molar-refractivity contribution in [1.82, 2.24) is 4.98 Å². The van der Waals surface area contributed by atoms with Gasteiger partial charge in [-0.15, -0.1) is 0 Å². The van der Waals surface area contributed by atoms with E-state index in [1.54, 1.807) is 12.1 Å². The van der Waals surface area contributed by atoms with Gasteiger partial charge in [-0.25, -0.2) is 4.98 Å². The van der Waals surface area contributed by atoms with Crippen LogP contribution in [0.3, 0.4) is 0 Å². The van der Waals surface area contributed by atoms with E-state index in [1.165, 1.54) is 18.2 Å². The van der Waals surface area contributed by atoms with Gasteiger partial charge in [-0.05, 0) is 46.3 Å². The summed E-state index contributed by atoms with van der Waals surface area (Å²) in [6.07, 6.45) is -4.51. The first-order valence-electron chi connectivity index (χ1n) is 5.58. The van der Waals surface area contributed by atoms with Gasteiger partial charge < -0.3 is 5.32 Å². The lowest BCUT2D eigenvalue weighted by atomic mass is 10.2. The van der Waals surface area contributed by atoms with Gasteiger partial charge in [0.1, 0.15) is 10.3 Å². The van der Waals surface area contributed by atoms with Crippen molar-refractivity contribution >= 4 is 43.5 Å². The van der Waals surface area contributed by atoms with Gasteiger partial charge in [0.05, 0.1) is 5.56 Å². The van der Waals surface area contributed by atoms with Crippen LogP contribution in [0.5, 0.6) is 0 Å². The maximum atomic E-state index is 12.8. The summed E-state index contributed by atoms with van der Waals surface area (Å²) < 4.78 is 38.7. The molecule has 0 aliphatic rings. The van der Waals surface area contributed by atoms with Gasteiger partial charge in [0.2, 0.25) is 0 Å². The van der Waals surface area contributed by atoms with Crippen LogP contribution in [0.15, 0.2) is 45.5 Å². The molecule has 2 aromatic rings. The molecule has 0 saturated heterocycles. The summed E-state index contributed by atoms with van der Waals surface area (Å²) in [7, 11) is 0. The molecule has 0 radical (unpaired) electrons. The van der Waals surface area contributed by atoms with Crippen LogP contribution in [-0.4, -0.2) is 10.9 Å². The van der Waals surface area contributed by atoms with Crippen LogP contribution < -0.4 is 5.32 Å². The van der Waals surface area contributed by atoms with Crippen LogP contribution in [0.25, 0.3) is 0 Å². The zero-order valence-corrected chi connectivity index (χ0v) is 13.4. The molecule has 1 aromatic heterocycles. The molecule has 2 rings (SSSR count). The van der Waals surface area contributed by atoms with Crippen LogP contribution >= 0.6 is 31.9 Å². The number of aromatic nitrogens is 1. The number of carbonyl (C=O) groups is 1. The van der Waals surface area contributed by atoms with Crippen molar-refractivity contribution in [3.05, 3.63) is 56.7 Å². The smallest absolute Gasteiger partial charge is 0.321 e. The Morgan fingerprint density at radius 2 is 1.86 bits per heavy atom. The fourth-order valence-corrected chi connectivity index (χ4v) is 2.37. The second-order valence-electron chi connectivity index (χ2n) is 3.99. The van der Waals surface area contributed by atoms with Gasteiger partial charge in [-0.3, -0.25) is 4.79 Å². The number of rotatable bonds is 2. The molecule has 0 spiro atoms. The quantitative estimate of drug-likeness (QED) is 0.699. The van der Waals surface area contributed by atoms with Gasteiger partial charge in [-0.1, -0.05) is 22.0 Å². The first-order chi connectivity index (χ1) is 9.77. The Hall–Kier alpha value is -1.41. The minimum absolute atomic E-state index is 0.0392. The average Bonchev–Trinajstić information content (AvgIpc) is 2.39. The van der Waals surface area contributed by atoms with Crippen molar-refractivity contribution in [1.29, 1.82) is 0 Å². The van der Waals surface area contributed by atoms with Crippen molar-refractivity contribution in [2.75, 3.05) is 5.32 Å². The maximum absolute atomic E-state index is 12.8. The summed E-state index contributed by atoms with van der Waals surface area (Å²) in [6, 6.07) is 8.17. The van der Waals surface area contributed by atoms with E-state index in [4.69, 9.17) is 0 Å². The summed E-state index contributed by atoms with van der Waals surface area (Å²) in [5, 5.41) is 2.38. The molecule has 0 bridgehead atoms. The van der Waals surface area contributed by atoms with Crippen molar-refractivity contribution < 1.29 is 18.0 Å². The topological polar surface area (TPSA) is 42.0 Å². The fourth-order valence-electron chi connectivity index (χ4n) is 1.55. The number of carbonyl (C=O) groups excluding carboxylic acids is 1. The number of pyridine rings is 1. The molecule has 3 nitrogen and oxygen atoms in total. The summed E-state index contributed by atoms with van der Waals surface area (Å²) >= 11 is 5.95. The van der Waals surface area contributed by atoms with Crippen LogP contribution in [0.1, 0.15) is 16.1 Å². The molecule has 0 aliphatic carbocycles. The predicted octanol–water partition coefficient (Wildman–Crippen LogP) is 4.88. The predicted molar refractivity (Wildman–Crippen MR) is 79.0 cm³/mol. The number of hydrogen-bond donors (Lipinski definition) is 1. The number of amides is 1. The molecule has 1 amide bonds. The highest BCUT2D eigenvalue weighted by atomic mass is 79.9. The normalized spacial score (nSPS) is 11.3. The highest BCUT2D eigenvalue weighted by Crippen LogP contribution is 2.36. The number of alkyl halides is 3. The monoisotopic (exact) mass is 422 g/mol. The molecule has 1 N–H and O–H groups in total. The lowest BCUT2D eigenvalue weighted by Crippen LogP contribution is -2.15. The third kappa shape index (κ3) is 4.04. The van der Waals surface area contributed by atoms with E-state index in [1.807, 2.05) is 0 Å². The average molecular weight is 424 g/mol. The summed E-state index contributed by atoms with van der Waals surface area (Å²) in [5.74, 6) is -0.591. The summed E-state index contributed by atoms with van der Waals surface area (Å²) in [4.78, 5) is 15.9. The molecule has 8 heteroatoms. The fraction of sp³-hybridized carbons (Fsp3) is 0.0769. The highest BCUT2D eigenvalue weighted by Gasteiger charge is 2.33. The molecule has 0 saturated carbocycles. The first kappa shape index (κ1) is 16.0. The molecule has 0 fully saturated rings. The minimum Gasteiger partial charge on any atom is -0.321 e. The Kier molecular flexibility index (Phi) is 4.67. The molecular weight excluding hydrogens is 417 g/mol. The molecule has 0 atom stereocenters. The number of nitrogens with zero attached hydrogens (tertiary/aromatic N) is 1. The highest BCUT2D eigenvalue weighted by molar-refractivity contribution is 9.10. The van der Waals surface area contributed by atoms with Crippen LogP contribution in [-0.2, 0) is 6.18 Å². The van der Waals surface area contributed by atoms with Gasteiger partial charge in [0.15, 0.2) is 0 Å². The Labute approximate surface area is 134 Å². The van der Waals surface area contributed by atoms with Crippen molar-refractivity contribution in [3.8, 4) is 0 Å². The Morgan fingerprint density at radius 1 is 1.14 bits per heavy atom.